The van der Waals surface area contributed by atoms with Crippen LogP contribution in [-0.4, -0.2) is 42.8 Å². The Labute approximate surface area is 136 Å². The van der Waals surface area contributed by atoms with Gasteiger partial charge in [-0.3, -0.25) is 4.90 Å². The minimum absolute atomic E-state index is 0. The molecule has 1 aromatic carbocycles. The Kier molecular flexibility index (Phi) is 6.95. The molecule has 0 saturated carbocycles. The van der Waals surface area contributed by atoms with Gasteiger partial charge in [0.15, 0.2) is 0 Å². The number of hydrogen-bond donors (Lipinski definition) is 2. The maximum atomic E-state index is 9.77. The van der Waals surface area contributed by atoms with E-state index in [0.717, 1.165) is 30.7 Å². The molecule has 5 heteroatoms. The lowest BCUT2D eigenvalue weighted by atomic mass is 9.80. The Bertz CT molecular complexity index is 422. The lowest BCUT2D eigenvalue weighted by Crippen LogP contribution is -2.49. The van der Waals surface area contributed by atoms with Gasteiger partial charge in [-0.2, -0.15) is 0 Å². The van der Waals surface area contributed by atoms with Gasteiger partial charge in [0.25, 0.3) is 0 Å². The zero-order valence-corrected chi connectivity index (χ0v) is 14.5. The van der Waals surface area contributed by atoms with E-state index in [2.05, 4.69) is 58.2 Å². The first-order chi connectivity index (χ1) is 9.04. The minimum atomic E-state index is -0.155. The van der Waals surface area contributed by atoms with Crippen LogP contribution in [-0.2, 0) is 0 Å². The third-order valence-electron chi connectivity index (χ3n) is 3.83. The van der Waals surface area contributed by atoms with Crippen LogP contribution in [0.25, 0.3) is 0 Å². The van der Waals surface area contributed by atoms with Crippen molar-refractivity contribution in [1.29, 1.82) is 0 Å². The first kappa shape index (κ1) is 17.9. The molecule has 1 fully saturated rings. The monoisotopic (exact) mass is 362 g/mol. The van der Waals surface area contributed by atoms with E-state index in [9.17, 15) is 5.11 Å². The summed E-state index contributed by atoms with van der Waals surface area (Å²) < 4.78 is 1.10. The zero-order chi connectivity index (χ0) is 13.9. The molecular weight excluding hydrogens is 340 g/mol. The van der Waals surface area contributed by atoms with E-state index in [-0.39, 0.29) is 30.5 Å². The molecule has 3 nitrogen and oxygen atoms in total. The average Bonchev–Trinajstić information content (AvgIpc) is 2.40. The van der Waals surface area contributed by atoms with E-state index in [1.807, 2.05) is 6.07 Å². The van der Waals surface area contributed by atoms with Crippen LogP contribution in [0.5, 0.6) is 0 Å². The Balaban J connectivity index is 0.00000200. The van der Waals surface area contributed by atoms with Crippen LogP contribution in [0.3, 0.4) is 0 Å². The number of nitrogens with zero attached hydrogens (tertiary/aromatic N) is 1. The topological polar surface area (TPSA) is 35.5 Å². The second-order valence-corrected chi connectivity index (χ2v) is 6.81. The SMILES string of the molecule is CC(C)(CO)[C@@H](c1cccc(Br)c1)N1CCNCC1.Cl. The van der Waals surface area contributed by atoms with Crippen LogP contribution in [0.4, 0.5) is 0 Å². The molecule has 0 bridgehead atoms. The molecule has 2 rings (SSSR count). The van der Waals surface area contributed by atoms with Gasteiger partial charge in [0.1, 0.15) is 0 Å². The molecule has 0 radical (unpaired) electrons. The number of halogens is 2. The zero-order valence-electron chi connectivity index (χ0n) is 12.1. The molecule has 1 aliphatic heterocycles. The summed E-state index contributed by atoms with van der Waals surface area (Å²) in [6.07, 6.45) is 0. The fourth-order valence-corrected chi connectivity index (χ4v) is 3.28. The number of rotatable bonds is 4. The quantitative estimate of drug-likeness (QED) is 0.863. The summed E-state index contributed by atoms with van der Waals surface area (Å²) in [6, 6.07) is 8.70. The van der Waals surface area contributed by atoms with Crippen LogP contribution < -0.4 is 5.32 Å². The molecule has 1 aliphatic rings. The predicted molar refractivity (Wildman–Crippen MR) is 89.4 cm³/mol. The van der Waals surface area contributed by atoms with Gasteiger partial charge in [-0.05, 0) is 17.7 Å². The number of aliphatic hydroxyl groups is 1. The van der Waals surface area contributed by atoms with Crippen molar-refractivity contribution in [2.45, 2.75) is 19.9 Å². The second-order valence-electron chi connectivity index (χ2n) is 5.89. The molecule has 0 aromatic heterocycles. The van der Waals surface area contributed by atoms with E-state index >= 15 is 0 Å². The average molecular weight is 364 g/mol. The maximum absolute atomic E-state index is 9.77. The molecule has 0 amide bonds. The summed E-state index contributed by atoms with van der Waals surface area (Å²) >= 11 is 3.55. The number of hydrogen-bond acceptors (Lipinski definition) is 3. The molecule has 1 saturated heterocycles. The number of benzene rings is 1. The van der Waals surface area contributed by atoms with Gasteiger partial charge in [0.2, 0.25) is 0 Å². The standard InChI is InChI=1S/C15H23BrN2O.ClH/c1-15(2,11-19)14(18-8-6-17-7-9-18)12-4-3-5-13(16)10-12;/h3-5,10,14,17,19H,6-9,11H2,1-2H3;1H/t14-;/m1./s1. The maximum Gasteiger partial charge on any atom is 0.0500 e. The van der Waals surface area contributed by atoms with Crippen molar-refractivity contribution in [3.05, 3.63) is 34.3 Å². The second kappa shape index (κ2) is 7.76. The summed E-state index contributed by atoms with van der Waals surface area (Å²) in [5, 5.41) is 13.2. The predicted octanol–water partition coefficient (Wildman–Crippen LogP) is 2.84. The lowest BCUT2D eigenvalue weighted by molar-refractivity contribution is 0.0305. The highest BCUT2D eigenvalue weighted by Gasteiger charge is 2.35. The highest BCUT2D eigenvalue weighted by atomic mass is 79.9. The van der Waals surface area contributed by atoms with Gasteiger partial charge in [0.05, 0.1) is 0 Å². The summed E-state index contributed by atoms with van der Waals surface area (Å²) in [6.45, 7) is 8.56. The largest absolute Gasteiger partial charge is 0.396 e. The van der Waals surface area contributed by atoms with Crippen molar-refractivity contribution in [1.82, 2.24) is 10.2 Å². The molecule has 20 heavy (non-hydrogen) atoms. The molecule has 2 N–H and O–H groups in total. The number of piperazine rings is 1. The van der Waals surface area contributed by atoms with Gasteiger partial charge in [-0.15, -0.1) is 12.4 Å². The highest BCUT2D eigenvalue weighted by Crippen LogP contribution is 2.38. The van der Waals surface area contributed by atoms with Crippen LogP contribution >= 0.6 is 28.3 Å². The lowest BCUT2D eigenvalue weighted by Gasteiger charge is -2.43. The molecule has 0 unspecified atom stereocenters. The number of aliphatic hydroxyl groups excluding tert-OH is 1. The highest BCUT2D eigenvalue weighted by molar-refractivity contribution is 9.10. The Morgan fingerprint density at radius 1 is 1.35 bits per heavy atom. The molecule has 0 aliphatic carbocycles. The number of nitrogens with one attached hydrogen (secondary N) is 1. The minimum Gasteiger partial charge on any atom is -0.396 e. The molecule has 1 atom stereocenters. The van der Waals surface area contributed by atoms with Crippen LogP contribution in [0, 0.1) is 5.41 Å². The molecule has 1 heterocycles. The van der Waals surface area contributed by atoms with Crippen molar-refractivity contribution in [2.24, 2.45) is 5.41 Å². The van der Waals surface area contributed by atoms with Gasteiger partial charge in [0, 0.05) is 48.7 Å². The smallest absolute Gasteiger partial charge is 0.0500 e. The third-order valence-corrected chi connectivity index (χ3v) is 4.32. The Hall–Kier alpha value is -0.130. The summed E-state index contributed by atoms with van der Waals surface area (Å²) in [4.78, 5) is 2.48. The van der Waals surface area contributed by atoms with Crippen molar-refractivity contribution < 1.29 is 5.11 Å². The molecule has 114 valence electrons. The normalized spacial score (nSPS) is 18.4. The summed E-state index contributed by atoms with van der Waals surface area (Å²) in [7, 11) is 0. The van der Waals surface area contributed by atoms with Crippen molar-refractivity contribution in [3.8, 4) is 0 Å². The van der Waals surface area contributed by atoms with Crippen molar-refractivity contribution in [3.63, 3.8) is 0 Å². The van der Waals surface area contributed by atoms with Gasteiger partial charge in [-0.25, -0.2) is 0 Å². The fourth-order valence-electron chi connectivity index (χ4n) is 2.86. The van der Waals surface area contributed by atoms with E-state index in [4.69, 9.17) is 0 Å². The Morgan fingerprint density at radius 3 is 2.55 bits per heavy atom. The first-order valence-electron chi connectivity index (χ1n) is 6.86. The third kappa shape index (κ3) is 4.18. The van der Waals surface area contributed by atoms with Crippen molar-refractivity contribution >= 4 is 28.3 Å². The Morgan fingerprint density at radius 2 is 2.00 bits per heavy atom. The first-order valence-corrected chi connectivity index (χ1v) is 7.65. The summed E-state index contributed by atoms with van der Waals surface area (Å²) in [5.74, 6) is 0. The fraction of sp³-hybridized carbons (Fsp3) is 0.600. The summed E-state index contributed by atoms with van der Waals surface area (Å²) in [5.41, 5.74) is 1.12. The van der Waals surface area contributed by atoms with Crippen LogP contribution in [0.15, 0.2) is 28.7 Å². The van der Waals surface area contributed by atoms with Crippen LogP contribution in [0.2, 0.25) is 0 Å². The van der Waals surface area contributed by atoms with Crippen LogP contribution in [0.1, 0.15) is 25.5 Å². The molecular formula is C15H24BrClN2O. The van der Waals surface area contributed by atoms with E-state index in [1.165, 1.54) is 5.56 Å². The van der Waals surface area contributed by atoms with Crippen molar-refractivity contribution in [2.75, 3.05) is 32.8 Å². The van der Waals surface area contributed by atoms with Gasteiger partial charge < -0.3 is 10.4 Å². The van der Waals surface area contributed by atoms with E-state index in [0.29, 0.717) is 0 Å². The van der Waals surface area contributed by atoms with E-state index < -0.39 is 0 Å². The molecule has 0 spiro atoms. The van der Waals surface area contributed by atoms with Gasteiger partial charge in [-0.1, -0.05) is 41.9 Å². The van der Waals surface area contributed by atoms with Gasteiger partial charge >= 0.3 is 0 Å². The van der Waals surface area contributed by atoms with E-state index in [1.54, 1.807) is 0 Å². The molecule has 1 aromatic rings.